The lowest BCUT2D eigenvalue weighted by atomic mass is 9.98. The number of benzene rings is 1. The van der Waals surface area contributed by atoms with Gasteiger partial charge in [-0.1, -0.05) is 6.08 Å². The van der Waals surface area contributed by atoms with Crippen LogP contribution in [0.4, 0.5) is 18.9 Å². The molecule has 0 spiro atoms. The highest BCUT2D eigenvalue weighted by atomic mass is 19.4. The Labute approximate surface area is 190 Å². The average Bonchev–Trinajstić information content (AvgIpc) is 2.78. The summed E-state index contributed by atoms with van der Waals surface area (Å²) in [4.78, 5) is 25.7. The van der Waals surface area contributed by atoms with Crippen LogP contribution in [0, 0.1) is 5.92 Å². The number of nitrogens with one attached hydrogen (secondary N) is 2. The molecule has 0 aliphatic carbocycles. The molecule has 0 bridgehead atoms. The van der Waals surface area contributed by atoms with Gasteiger partial charge in [-0.05, 0) is 81.5 Å². The third-order valence-electron chi connectivity index (χ3n) is 5.06. The van der Waals surface area contributed by atoms with Gasteiger partial charge in [0.2, 0.25) is 5.91 Å². The highest BCUT2D eigenvalue weighted by molar-refractivity contribution is 5.99. The van der Waals surface area contributed by atoms with E-state index in [-0.39, 0.29) is 24.4 Å². The molecule has 1 aromatic rings. The molecule has 1 unspecified atom stereocenters. The van der Waals surface area contributed by atoms with Gasteiger partial charge >= 0.3 is 12.3 Å². The third-order valence-corrected chi connectivity index (χ3v) is 5.06. The standard InChI is InChI=1S/C21H28N2O4.CHF3O2/c1-2-26-21(25)14-18-6-4-16-13-17(5-7-19(16)27-18)23-20(24)8-3-15-9-11-22-12-10-15;2-1(3,4)6-5/h3,5,7-8,13,15,18,22H,2,4,6,9-12,14H2,1H3,(H,23,24);5H/b8-3+;. The summed E-state index contributed by atoms with van der Waals surface area (Å²) in [6.07, 6.45) is 2.60. The maximum Gasteiger partial charge on any atom is 0.549 e. The maximum absolute atomic E-state index is 12.2. The zero-order valence-corrected chi connectivity index (χ0v) is 18.3. The smallest absolute Gasteiger partial charge is 0.490 e. The monoisotopic (exact) mass is 474 g/mol. The average molecular weight is 474 g/mol. The molecule has 2 heterocycles. The lowest BCUT2D eigenvalue weighted by Gasteiger charge is -2.26. The van der Waals surface area contributed by atoms with Crippen LogP contribution < -0.4 is 15.4 Å². The second-order valence-corrected chi connectivity index (χ2v) is 7.58. The lowest BCUT2D eigenvalue weighted by molar-refractivity contribution is -0.464. The van der Waals surface area contributed by atoms with Crippen molar-refractivity contribution >= 4 is 17.6 Å². The summed E-state index contributed by atoms with van der Waals surface area (Å²) < 4.78 is 41.8. The van der Waals surface area contributed by atoms with Crippen molar-refractivity contribution in [3.63, 3.8) is 0 Å². The first-order valence-corrected chi connectivity index (χ1v) is 10.7. The summed E-state index contributed by atoms with van der Waals surface area (Å²) in [7, 11) is 0. The molecule has 2 aliphatic heterocycles. The van der Waals surface area contributed by atoms with E-state index in [1.807, 2.05) is 29.2 Å². The second-order valence-electron chi connectivity index (χ2n) is 7.58. The molecule has 1 atom stereocenters. The van der Waals surface area contributed by atoms with Crippen LogP contribution in [0.15, 0.2) is 30.4 Å². The summed E-state index contributed by atoms with van der Waals surface area (Å²) >= 11 is 0. The first kappa shape index (κ1) is 26.6. The number of rotatable bonds is 6. The van der Waals surface area contributed by atoms with Gasteiger partial charge in [-0.25, -0.2) is 5.26 Å². The number of alkyl halides is 3. The Morgan fingerprint density at radius 3 is 2.61 bits per heavy atom. The first-order valence-electron chi connectivity index (χ1n) is 10.7. The number of carbonyl (C=O) groups is 2. The molecular formula is C22H29F3N2O6. The highest BCUT2D eigenvalue weighted by Crippen LogP contribution is 2.31. The van der Waals surface area contributed by atoms with Crippen molar-refractivity contribution in [3.8, 4) is 5.75 Å². The van der Waals surface area contributed by atoms with Gasteiger partial charge in [-0.3, -0.25) is 9.59 Å². The van der Waals surface area contributed by atoms with Crippen molar-refractivity contribution in [2.45, 2.75) is 51.5 Å². The quantitative estimate of drug-likeness (QED) is 0.249. The molecule has 0 radical (unpaired) electrons. The predicted molar refractivity (Wildman–Crippen MR) is 114 cm³/mol. The summed E-state index contributed by atoms with van der Waals surface area (Å²) in [5.74, 6) is 0.921. The van der Waals surface area contributed by atoms with E-state index in [1.165, 1.54) is 0 Å². The number of piperidine rings is 1. The van der Waals surface area contributed by atoms with Crippen LogP contribution in [-0.4, -0.2) is 49.3 Å². The van der Waals surface area contributed by atoms with Crippen LogP contribution in [0.2, 0.25) is 0 Å². The first-order chi connectivity index (χ1) is 15.7. The van der Waals surface area contributed by atoms with E-state index in [4.69, 9.17) is 14.7 Å². The number of esters is 1. The molecule has 2 aliphatic rings. The summed E-state index contributed by atoms with van der Waals surface area (Å²) in [5, 5.41) is 13.0. The van der Waals surface area contributed by atoms with E-state index < -0.39 is 6.36 Å². The van der Waals surface area contributed by atoms with Crippen LogP contribution in [0.1, 0.15) is 38.2 Å². The summed E-state index contributed by atoms with van der Waals surface area (Å²) in [6.45, 7) is 4.21. The minimum Gasteiger partial charge on any atom is -0.490 e. The Balaban J connectivity index is 0.000000569. The number of anilines is 1. The summed E-state index contributed by atoms with van der Waals surface area (Å²) in [6, 6.07) is 5.65. The molecular weight excluding hydrogens is 445 g/mol. The van der Waals surface area contributed by atoms with Crippen molar-refractivity contribution in [1.82, 2.24) is 5.32 Å². The number of hydrogen-bond donors (Lipinski definition) is 3. The third kappa shape index (κ3) is 10.2. The van der Waals surface area contributed by atoms with E-state index in [1.54, 1.807) is 13.0 Å². The highest BCUT2D eigenvalue weighted by Gasteiger charge is 2.28. The number of fused-ring (bicyclic) bond motifs is 1. The van der Waals surface area contributed by atoms with E-state index in [9.17, 15) is 22.8 Å². The van der Waals surface area contributed by atoms with Crippen LogP contribution in [0.3, 0.4) is 0 Å². The number of aryl methyl sites for hydroxylation is 1. The Hall–Kier alpha value is -2.63. The second kappa shape index (κ2) is 13.2. The molecule has 184 valence electrons. The van der Waals surface area contributed by atoms with Gasteiger partial charge < -0.3 is 20.1 Å². The van der Waals surface area contributed by atoms with Crippen molar-refractivity contribution in [2.75, 3.05) is 25.0 Å². The van der Waals surface area contributed by atoms with Crippen LogP contribution in [0.25, 0.3) is 0 Å². The Morgan fingerprint density at radius 1 is 1.27 bits per heavy atom. The van der Waals surface area contributed by atoms with Crippen molar-refractivity contribution in [3.05, 3.63) is 35.9 Å². The Bertz CT molecular complexity index is 810. The number of carbonyl (C=O) groups excluding carboxylic acids is 2. The molecule has 33 heavy (non-hydrogen) atoms. The van der Waals surface area contributed by atoms with Crippen molar-refractivity contribution in [1.29, 1.82) is 0 Å². The molecule has 1 aromatic carbocycles. The topological polar surface area (TPSA) is 106 Å². The minimum absolute atomic E-state index is 0.106. The van der Waals surface area contributed by atoms with Gasteiger partial charge in [0.15, 0.2) is 0 Å². The van der Waals surface area contributed by atoms with Gasteiger partial charge in [0, 0.05) is 5.69 Å². The molecule has 3 rings (SSSR count). The molecule has 1 amide bonds. The van der Waals surface area contributed by atoms with Crippen molar-refractivity contribution < 1.29 is 42.4 Å². The Morgan fingerprint density at radius 2 is 1.97 bits per heavy atom. The van der Waals surface area contributed by atoms with Gasteiger partial charge in [-0.2, -0.15) is 0 Å². The number of allylic oxidation sites excluding steroid dienone is 1. The molecule has 3 N–H and O–H groups in total. The largest absolute Gasteiger partial charge is 0.549 e. The zero-order valence-electron chi connectivity index (χ0n) is 18.3. The fourth-order valence-electron chi connectivity index (χ4n) is 3.52. The summed E-state index contributed by atoms with van der Waals surface area (Å²) in [5.41, 5.74) is 1.82. The van der Waals surface area contributed by atoms with E-state index >= 15 is 0 Å². The van der Waals surface area contributed by atoms with Crippen LogP contribution >= 0.6 is 0 Å². The molecule has 1 saturated heterocycles. The molecule has 1 fully saturated rings. The number of halogens is 3. The maximum atomic E-state index is 12.2. The fourth-order valence-corrected chi connectivity index (χ4v) is 3.52. The van der Waals surface area contributed by atoms with Gasteiger partial charge in [0.05, 0.1) is 13.0 Å². The Kier molecular flexibility index (Phi) is 10.6. The fraction of sp³-hybridized carbons (Fsp3) is 0.545. The number of amides is 1. The van der Waals surface area contributed by atoms with E-state index in [0.29, 0.717) is 12.5 Å². The van der Waals surface area contributed by atoms with Gasteiger partial charge in [-0.15, -0.1) is 18.1 Å². The van der Waals surface area contributed by atoms with Gasteiger partial charge in [0.1, 0.15) is 11.9 Å². The zero-order chi connectivity index (χ0) is 24.3. The molecule has 11 heteroatoms. The van der Waals surface area contributed by atoms with Crippen LogP contribution in [-0.2, 0) is 25.6 Å². The molecule has 8 nitrogen and oxygen atoms in total. The lowest BCUT2D eigenvalue weighted by Crippen LogP contribution is -2.27. The predicted octanol–water partition coefficient (Wildman–Crippen LogP) is 3.82. The van der Waals surface area contributed by atoms with Crippen LogP contribution in [0.5, 0.6) is 5.75 Å². The van der Waals surface area contributed by atoms with Gasteiger partial charge in [0.25, 0.3) is 0 Å². The SMILES string of the molecule is CCOC(=O)CC1CCc2cc(NC(=O)/C=C/C3CCNCC3)ccc2O1.OOC(F)(F)F. The molecule has 0 aromatic heterocycles. The van der Waals surface area contributed by atoms with Crippen molar-refractivity contribution in [2.24, 2.45) is 5.92 Å². The normalized spacial score (nSPS) is 18.5. The minimum atomic E-state index is -4.90. The number of ether oxygens (including phenoxy) is 2. The molecule has 0 saturated carbocycles. The van der Waals surface area contributed by atoms with E-state index in [2.05, 4.69) is 10.6 Å². The van der Waals surface area contributed by atoms with E-state index in [0.717, 1.165) is 55.8 Å². The number of hydrogen-bond acceptors (Lipinski definition) is 7.